The molecular weight excluding hydrogens is 403 g/mol. The largest absolute Gasteiger partial charge is 0.495 e. The molecule has 1 amide bonds. The third kappa shape index (κ3) is 4.78. The lowest BCUT2D eigenvalue weighted by Crippen LogP contribution is -2.21. The van der Waals surface area contributed by atoms with E-state index in [9.17, 15) is 4.79 Å². The Labute approximate surface area is 142 Å². The normalized spacial score (nSPS) is 10.0. The number of halogens is 2. The highest BCUT2D eigenvalue weighted by Gasteiger charge is 2.05. The number of ether oxygens (including phenoxy) is 1. The Hall–Kier alpha value is -1.47. The average molecular weight is 417 g/mol. The highest BCUT2D eigenvalue weighted by atomic mass is 127. The number of methoxy groups -OCH3 is 1. The number of rotatable bonds is 5. The summed E-state index contributed by atoms with van der Waals surface area (Å²) >= 11 is 8.23. The Morgan fingerprint density at radius 2 is 2.05 bits per heavy atom. The van der Waals surface area contributed by atoms with Gasteiger partial charge in [0.1, 0.15) is 5.75 Å². The van der Waals surface area contributed by atoms with Gasteiger partial charge in [0.2, 0.25) is 5.91 Å². The first-order chi connectivity index (χ1) is 10.1. The second-order valence-electron chi connectivity index (χ2n) is 4.26. The Morgan fingerprint density at radius 3 is 2.71 bits per heavy atom. The second-order valence-corrected chi connectivity index (χ2v) is 5.91. The molecule has 21 heavy (non-hydrogen) atoms. The Bertz CT molecular complexity index is 649. The van der Waals surface area contributed by atoms with E-state index >= 15 is 0 Å². The summed E-state index contributed by atoms with van der Waals surface area (Å²) in [5.41, 5.74) is 1.54. The lowest BCUT2D eigenvalue weighted by Gasteiger charge is -2.09. The van der Waals surface area contributed by atoms with Gasteiger partial charge in [-0.15, -0.1) is 0 Å². The van der Waals surface area contributed by atoms with E-state index in [1.165, 1.54) is 0 Å². The molecule has 0 aromatic heterocycles. The SMILES string of the molecule is COc1ccc(NCC(=O)Nc2cccc(I)c2)cc1Cl. The number of benzene rings is 2. The molecule has 0 fully saturated rings. The van der Waals surface area contributed by atoms with Crippen LogP contribution < -0.4 is 15.4 Å². The minimum atomic E-state index is -0.121. The van der Waals surface area contributed by atoms with E-state index in [-0.39, 0.29) is 12.5 Å². The molecular formula is C15H14ClIN2O2. The summed E-state index contributed by atoms with van der Waals surface area (Å²) < 4.78 is 6.15. The standard InChI is InChI=1S/C15H14ClIN2O2/c1-21-14-6-5-11(8-13(14)16)18-9-15(20)19-12-4-2-3-10(17)7-12/h2-8,18H,9H2,1H3,(H,19,20). The number of carbonyl (C=O) groups excluding carboxylic acids is 1. The van der Waals surface area contributed by atoms with Gasteiger partial charge < -0.3 is 15.4 Å². The van der Waals surface area contributed by atoms with Crippen LogP contribution in [0.5, 0.6) is 5.75 Å². The van der Waals surface area contributed by atoms with E-state index in [2.05, 4.69) is 33.2 Å². The van der Waals surface area contributed by atoms with Crippen LogP contribution in [0.2, 0.25) is 5.02 Å². The van der Waals surface area contributed by atoms with Crippen molar-refractivity contribution in [3.63, 3.8) is 0 Å². The molecule has 0 unspecified atom stereocenters. The van der Waals surface area contributed by atoms with Crippen LogP contribution in [-0.4, -0.2) is 19.6 Å². The van der Waals surface area contributed by atoms with Gasteiger partial charge in [0.15, 0.2) is 0 Å². The number of amides is 1. The maximum Gasteiger partial charge on any atom is 0.243 e. The van der Waals surface area contributed by atoms with Crippen LogP contribution in [0.15, 0.2) is 42.5 Å². The van der Waals surface area contributed by atoms with Crippen molar-refractivity contribution in [3.8, 4) is 5.75 Å². The molecule has 6 heteroatoms. The van der Waals surface area contributed by atoms with Crippen molar-refractivity contribution in [2.24, 2.45) is 0 Å². The van der Waals surface area contributed by atoms with Crippen molar-refractivity contribution < 1.29 is 9.53 Å². The van der Waals surface area contributed by atoms with E-state index in [0.717, 1.165) is 14.9 Å². The number of nitrogens with one attached hydrogen (secondary N) is 2. The summed E-state index contributed by atoms with van der Waals surface area (Å²) in [5, 5.41) is 6.34. The minimum absolute atomic E-state index is 0.121. The zero-order chi connectivity index (χ0) is 15.2. The van der Waals surface area contributed by atoms with Crippen LogP contribution in [0.4, 0.5) is 11.4 Å². The zero-order valence-corrected chi connectivity index (χ0v) is 14.2. The van der Waals surface area contributed by atoms with E-state index in [1.807, 2.05) is 30.3 Å². The van der Waals surface area contributed by atoms with Crippen molar-refractivity contribution in [3.05, 3.63) is 51.1 Å². The molecule has 0 aliphatic carbocycles. The predicted octanol–water partition coefficient (Wildman–Crippen LogP) is 4.00. The van der Waals surface area contributed by atoms with Gasteiger partial charge in [-0.3, -0.25) is 4.79 Å². The Balaban J connectivity index is 1.90. The fraction of sp³-hybridized carbons (Fsp3) is 0.133. The Kier molecular flexibility index (Phi) is 5.69. The first-order valence-corrected chi connectivity index (χ1v) is 7.67. The summed E-state index contributed by atoms with van der Waals surface area (Å²) in [6.45, 7) is 0.161. The molecule has 2 aromatic carbocycles. The zero-order valence-electron chi connectivity index (χ0n) is 11.3. The summed E-state index contributed by atoms with van der Waals surface area (Å²) in [5.74, 6) is 0.481. The van der Waals surface area contributed by atoms with Crippen LogP contribution in [0.25, 0.3) is 0 Å². The van der Waals surface area contributed by atoms with Gasteiger partial charge in [-0.1, -0.05) is 17.7 Å². The fourth-order valence-corrected chi connectivity index (χ4v) is 2.53. The third-order valence-electron chi connectivity index (χ3n) is 2.71. The molecule has 0 aliphatic heterocycles. The molecule has 0 saturated carbocycles. The van der Waals surface area contributed by atoms with Crippen molar-refractivity contribution in [1.82, 2.24) is 0 Å². The summed E-state index contributed by atoms with van der Waals surface area (Å²) in [7, 11) is 1.56. The molecule has 2 N–H and O–H groups in total. The average Bonchev–Trinajstić information content (AvgIpc) is 2.45. The van der Waals surface area contributed by atoms with Gasteiger partial charge in [-0.05, 0) is 59.0 Å². The molecule has 110 valence electrons. The van der Waals surface area contributed by atoms with Gasteiger partial charge in [0.05, 0.1) is 18.7 Å². The van der Waals surface area contributed by atoms with Crippen LogP contribution in [0.3, 0.4) is 0 Å². The molecule has 0 bridgehead atoms. The molecule has 2 rings (SSSR count). The molecule has 0 radical (unpaired) electrons. The van der Waals surface area contributed by atoms with Gasteiger partial charge in [-0.2, -0.15) is 0 Å². The smallest absolute Gasteiger partial charge is 0.243 e. The predicted molar refractivity (Wildman–Crippen MR) is 94.3 cm³/mol. The van der Waals surface area contributed by atoms with Crippen LogP contribution in [-0.2, 0) is 4.79 Å². The summed E-state index contributed by atoms with van der Waals surface area (Å²) in [4.78, 5) is 11.9. The van der Waals surface area contributed by atoms with Crippen molar-refractivity contribution in [2.75, 3.05) is 24.3 Å². The molecule has 4 nitrogen and oxygen atoms in total. The minimum Gasteiger partial charge on any atom is -0.495 e. The summed E-state index contributed by atoms with van der Waals surface area (Å²) in [6, 6.07) is 12.9. The number of hydrogen-bond acceptors (Lipinski definition) is 3. The number of carbonyl (C=O) groups is 1. The van der Waals surface area contributed by atoms with E-state index < -0.39 is 0 Å². The number of hydrogen-bond donors (Lipinski definition) is 2. The fourth-order valence-electron chi connectivity index (χ4n) is 1.73. The lowest BCUT2D eigenvalue weighted by atomic mass is 10.3. The van der Waals surface area contributed by atoms with Crippen LogP contribution in [0.1, 0.15) is 0 Å². The van der Waals surface area contributed by atoms with Gasteiger partial charge in [0.25, 0.3) is 0 Å². The van der Waals surface area contributed by atoms with Crippen molar-refractivity contribution in [1.29, 1.82) is 0 Å². The van der Waals surface area contributed by atoms with E-state index in [1.54, 1.807) is 19.2 Å². The third-order valence-corrected chi connectivity index (χ3v) is 3.68. The van der Waals surface area contributed by atoms with Crippen LogP contribution >= 0.6 is 34.2 Å². The highest BCUT2D eigenvalue weighted by molar-refractivity contribution is 14.1. The molecule has 2 aromatic rings. The van der Waals surface area contributed by atoms with Crippen molar-refractivity contribution >= 4 is 51.5 Å². The first-order valence-electron chi connectivity index (χ1n) is 6.21. The monoisotopic (exact) mass is 416 g/mol. The first kappa shape index (κ1) is 15.9. The maximum atomic E-state index is 11.9. The molecule has 0 saturated heterocycles. The van der Waals surface area contributed by atoms with Gasteiger partial charge in [0, 0.05) is 14.9 Å². The molecule has 0 spiro atoms. The molecule has 0 atom stereocenters. The van der Waals surface area contributed by atoms with Crippen molar-refractivity contribution in [2.45, 2.75) is 0 Å². The Morgan fingerprint density at radius 1 is 1.24 bits per heavy atom. The molecule has 0 aliphatic rings. The highest BCUT2D eigenvalue weighted by Crippen LogP contribution is 2.27. The van der Waals surface area contributed by atoms with Gasteiger partial charge in [-0.25, -0.2) is 0 Å². The second kappa shape index (κ2) is 7.51. The molecule has 0 heterocycles. The van der Waals surface area contributed by atoms with E-state index in [0.29, 0.717) is 10.8 Å². The quantitative estimate of drug-likeness (QED) is 0.724. The lowest BCUT2D eigenvalue weighted by molar-refractivity contribution is -0.114. The number of anilines is 2. The maximum absolute atomic E-state index is 11.9. The van der Waals surface area contributed by atoms with Gasteiger partial charge >= 0.3 is 0 Å². The summed E-state index contributed by atoms with van der Waals surface area (Å²) in [6.07, 6.45) is 0. The topological polar surface area (TPSA) is 50.4 Å². The van der Waals surface area contributed by atoms with Crippen LogP contribution in [0, 0.1) is 3.57 Å². The van der Waals surface area contributed by atoms with E-state index in [4.69, 9.17) is 16.3 Å².